The fraction of sp³-hybridized carbons (Fsp3) is 0.450. The molecule has 1 saturated heterocycles. The van der Waals surface area contributed by atoms with Crippen LogP contribution in [-0.4, -0.2) is 35.5 Å². The number of carbonyl (C=O) groups is 1. The fourth-order valence-corrected chi connectivity index (χ4v) is 3.36. The lowest BCUT2D eigenvalue weighted by Gasteiger charge is -2.31. The Balaban J connectivity index is 1.89. The number of rotatable bonds is 4. The summed E-state index contributed by atoms with van der Waals surface area (Å²) in [7, 11) is 0. The molecule has 0 spiro atoms. The van der Waals surface area contributed by atoms with Gasteiger partial charge in [-0.15, -0.1) is 0 Å². The molecule has 132 valence electrons. The SMILES string of the molecule is CCN(C(=O)c1cc(C)nc(N2CCCC(C)C2)n1)c1ccccc1. The van der Waals surface area contributed by atoms with E-state index < -0.39 is 0 Å². The minimum absolute atomic E-state index is 0.0782. The standard InChI is InChI=1S/C20H26N4O/c1-4-24(17-10-6-5-7-11-17)19(25)18-13-16(3)21-20(22-18)23-12-8-9-15(2)14-23/h5-7,10-11,13,15H,4,8-9,12,14H2,1-3H3. The monoisotopic (exact) mass is 338 g/mol. The van der Waals surface area contributed by atoms with Crippen molar-refractivity contribution in [2.24, 2.45) is 5.92 Å². The zero-order chi connectivity index (χ0) is 17.8. The highest BCUT2D eigenvalue weighted by atomic mass is 16.2. The second kappa shape index (κ2) is 7.64. The normalized spacial score (nSPS) is 17.4. The van der Waals surface area contributed by atoms with Crippen LogP contribution in [0.1, 0.15) is 42.9 Å². The van der Waals surface area contributed by atoms with Crippen LogP contribution in [0.25, 0.3) is 0 Å². The van der Waals surface area contributed by atoms with Crippen LogP contribution in [0, 0.1) is 12.8 Å². The summed E-state index contributed by atoms with van der Waals surface area (Å²) in [6.45, 7) is 8.66. The van der Waals surface area contributed by atoms with Crippen molar-refractivity contribution in [1.29, 1.82) is 0 Å². The maximum absolute atomic E-state index is 13.0. The van der Waals surface area contributed by atoms with Crippen LogP contribution < -0.4 is 9.80 Å². The number of anilines is 2. The predicted molar refractivity (Wildman–Crippen MR) is 101 cm³/mol. The number of nitrogens with zero attached hydrogens (tertiary/aromatic N) is 4. The number of amides is 1. The Kier molecular flexibility index (Phi) is 5.31. The van der Waals surface area contributed by atoms with E-state index in [2.05, 4.69) is 21.8 Å². The smallest absolute Gasteiger partial charge is 0.277 e. The molecule has 2 heterocycles. The molecule has 1 aromatic carbocycles. The average molecular weight is 338 g/mol. The predicted octanol–water partition coefficient (Wildman–Crippen LogP) is 3.69. The van der Waals surface area contributed by atoms with Gasteiger partial charge in [0.2, 0.25) is 5.95 Å². The summed E-state index contributed by atoms with van der Waals surface area (Å²) < 4.78 is 0. The van der Waals surface area contributed by atoms with Crippen LogP contribution in [0.5, 0.6) is 0 Å². The third-order valence-electron chi connectivity index (χ3n) is 4.63. The Morgan fingerprint density at radius 2 is 2.04 bits per heavy atom. The Hall–Kier alpha value is -2.43. The zero-order valence-electron chi connectivity index (χ0n) is 15.3. The summed E-state index contributed by atoms with van der Waals surface area (Å²) in [5.41, 5.74) is 2.18. The van der Waals surface area contributed by atoms with E-state index in [9.17, 15) is 4.79 Å². The van der Waals surface area contributed by atoms with Gasteiger partial charge in [-0.05, 0) is 50.8 Å². The van der Waals surface area contributed by atoms with Gasteiger partial charge in [0.15, 0.2) is 0 Å². The van der Waals surface area contributed by atoms with E-state index in [-0.39, 0.29) is 5.91 Å². The summed E-state index contributed by atoms with van der Waals surface area (Å²) >= 11 is 0. The van der Waals surface area contributed by atoms with Gasteiger partial charge in [0, 0.05) is 31.0 Å². The Labute approximate surface area is 149 Å². The third kappa shape index (κ3) is 3.98. The summed E-state index contributed by atoms with van der Waals surface area (Å²) in [6.07, 6.45) is 2.39. The molecule has 0 N–H and O–H groups in total. The van der Waals surface area contributed by atoms with Crippen LogP contribution in [-0.2, 0) is 0 Å². The number of aryl methyl sites for hydroxylation is 1. The van der Waals surface area contributed by atoms with Gasteiger partial charge < -0.3 is 9.80 Å². The van der Waals surface area contributed by atoms with Gasteiger partial charge in [0.25, 0.3) is 5.91 Å². The van der Waals surface area contributed by atoms with Gasteiger partial charge >= 0.3 is 0 Å². The third-order valence-corrected chi connectivity index (χ3v) is 4.63. The summed E-state index contributed by atoms with van der Waals surface area (Å²) in [6, 6.07) is 11.5. The molecule has 2 aromatic rings. The first-order valence-electron chi connectivity index (χ1n) is 9.06. The molecule has 1 aliphatic heterocycles. The lowest BCUT2D eigenvalue weighted by molar-refractivity contribution is 0.0983. The van der Waals surface area contributed by atoms with Crippen LogP contribution in [0.3, 0.4) is 0 Å². The first-order chi connectivity index (χ1) is 12.1. The Bertz CT molecular complexity index is 732. The highest BCUT2D eigenvalue weighted by molar-refractivity contribution is 6.04. The highest BCUT2D eigenvalue weighted by Crippen LogP contribution is 2.22. The maximum atomic E-state index is 13.0. The van der Waals surface area contributed by atoms with Crippen molar-refractivity contribution >= 4 is 17.5 Å². The summed E-state index contributed by atoms with van der Waals surface area (Å²) in [4.78, 5) is 26.2. The van der Waals surface area contributed by atoms with Crippen molar-refractivity contribution in [3.63, 3.8) is 0 Å². The van der Waals surface area contributed by atoms with E-state index in [1.54, 1.807) is 11.0 Å². The van der Waals surface area contributed by atoms with Crippen LogP contribution >= 0.6 is 0 Å². The molecule has 3 rings (SSSR count). The van der Waals surface area contributed by atoms with Crippen molar-refractivity contribution in [1.82, 2.24) is 9.97 Å². The second-order valence-electron chi connectivity index (χ2n) is 6.77. The quantitative estimate of drug-likeness (QED) is 0.853. The van der Waals surface area contributed by atoms with Gasteiger partial charge in [-0.3, -0.25) is 4.79 Å². The molecular weight excluding hydrogens is 312 g/mol. The van der Waals surface area contributed by atoms with E-state index in [0.717, 1.165) is 30.9 Å². The molecule has 0 bridgehead atoms. The minimum Gasteiger partial charge on any atom is -0.341 e. The van der Waals surface area contributed by atoms with Crippen molar-refractivity contribution in [2.75, 3.05) is 29.4 Å². The molecule has 25 heavy (non-hydrogen) atoms. The second-order valence-corrected chi connectivity index (χ2v) is 6.77. The fourth-order valence-electron chi connectivity index (χ4n) is 3.36. The number of hydrogen-bond acceptors (Lipinski definition) is 4. The van der Waals surface area contributed by atoms with Gasteiger partial charge in [0.1, 0.15) is 5.69 Å². The van der Waals surface area contributed by atoms with Crippen molar-refractivity contribution in [3.05, 3.63) is 47.8 Å². The largest absolute Gasteiger partial charge is 0.341 e. The maximum Gasteiger partial charge on any atom is 0.277 e. The van der Waals surface area contributed by atoms with Gasteiger partial charge in [-0.1, -0.05) is 25.1 Å². The molecule has 0 saturated carbocycles. The highest BCUT2D eigenvalue weighted by Gasteiger charge is 2.23. The van der Waals surface area contributed by atoms with Gasteiger partial charge in [-0.2, -0.15) is 0 Å². The molecule has 1 unspecified atom stereocenters. The number of hydrogen-bond donors (Lipinski definition) is 0. The van der Waals surface area contributed by atoms with Crippen molar-refractivity contribution < 1.29 is 4.79 Å². The lowest BCUT2D eigenvalue weighted by atomic mass is 10.0. The molecule has 5 heteroatoms. The van der Waals surface area contributed by atoms with E-state index in [4.69, 9.17) is 0 Å². The molecular formula is C20H26N4O. The molecule has 1 amide bonds. The molecule has 1 atom stereocenters. The van der Waals surface area contributed by atoms with E-state index in [1.165, 1.54) is 6.42 Å². The number of piperidine rings is 1. The average Bonchev–Trinajstić information content (AvgIpc) is 2.62. The molecule has 1 aromatic heterocycles. The molecule has 5 nitrogen and oxygen atoms in total. The topological polar surface area (TPSA) is 49.3 Å². The van der Waals surface area contributed by atoms with Crippen molar-refractivity contribution in [2.45, 2.75) is 33.6 Å². The molecule has 0 radical (unpaired) electrons. The molecule has 1 aliphatic rings. The summed E-state index contributed by atoms with van der Waals surface area (Å²) in [5.74, 6) is 1.23. The molecule has 0 aliphatic carbocycles. The first-order valence-corrected chi connectivity index (χ1v) is 9.06. The Morgan fingerprint density at radius 1 is 1.28 bits per heavy atom. The number of benzene rings is 1. The van der Waals surface area contributed by atoms with E-state index >= 15 is 0 Å². The zero-order valence-corrected chi connectivity index (χ0v) is 15.3. The first kappa shape index (κ1) is 17.4. The Morgan fingerprint density at radius 3 is 2.72 bits per heavy atom. The van der Waals surface area contributed by atoms with Crippen molar-refractivity contribution in [3.8, 4) is 0 Å². The number of para-hydroxylation sites is 1. The minimum atomic E-state index is -0.0782. The van der Waals surface area contributed by atoms with E-state index in [0.29, 0.717) is 24.1 Å². The van der Waals surface area contributed by atoms with Crippen LogP contribution in [0.2, 0.25) is 0 Å². The molecule has 1 fully saturated rings. The number of carbonyl (C=O) groups excluding carboxylic acids is 1. The lowest BCUT2D eigenvalue weighted by Crippen LogP contribution is -2.36. The van der Waals surface area contributed by atoms with Crippen LogP contribution in [0.15, 0.2) is 36.4 Å². The van der Waals surface area contributed by atoms with E-state index in [1.807, 2.05) is 44.2 Å². The van der Waals surface area contributed by atoms with Crippen LogP contribution in [0.4, 0.5) is 11.6 Å². The van der Waals surface area contributed by atoms with Gasteiger partial charge in [-0.25, -0.2) is 9.97 Å². The van der Waals surface area contributed by atoms with Gasteiger partial charge in [0.05, 0.1) is 0 Å². The summed E-state index contributed by atoms with van der Waals surface area (Å²) in [5, 5.41) is 0. The number of aromatic nitrogens is 2.